The number of rotatable bonds is 5. The molecule has 3 heterocycles. The van der Waals surface area contributed by atoms with Gasteiger partial charge in [-0.15, -0.1) is 10.2 Å². The van der Waals surface area contributed by atoms with Crippen LogP contribution < -0.4 is 5.32 Å². The van der Waals surface area contributed by atoms with Gasteiger partial charge >= 0.3 is 0 Å². The summed E-state index contributed by atoms with van der Waals surface area (Å²) in [6.45, 7) is 2.06. The zero-order valence-corrected chi connectivity index (χ0v) is 18.1. The van der Waals surface area contributed by atoms with Crippen molar-refractivity contribution in [2.24, 2.45) is 0 Å². The molecule has 9 heteroatoms. The lowest BCUT2D eigenvalue weighted by Gasteiger charge is -2.06. The van der Waals surface area contributed by atoms with E-state index in [4.69, 9.17) is 11.6 Å². The molecule has 1 N–H and O–H groups in total. The molecule has 0 aliphatic rings. The number of nitrogens with one attached hydrogen (secondary N) is 1. The molecule has 0 saturated carbocycles. The van der Waals surface area contributed by atoms with Gasteiger partial charge in [0.15, 0.2) is 10.8 Å². The van der Waals surface area contributed by atoms with Gasteiger partial charge in [0.05, 0.1) is 22.2 Å². The summed E-state index contributed by atoms with van der Waals surface area (Å²) < 4.78 is 3.65. The number of carbonyl (C=O) groups is 1. The zero-order valence-electron chi connectivity index (χ0n) is 16.5. The smallest absolute Gasteiger partial charge is 0.234 e. The maximum Gasteiger partial charge on any atom is 0.234 e. The Morgan fingerprint density at radius 2 is 1.90 bits per heavy atom. The number of aromatic nitrogens is 5. The molecule has 5 rings (SSSR count). The molecule has 0 spiro atoms. The fourth-order valence-corrected chi connectivity index (χ4v) is 4.13. The normalized spacial score (nSPS) is 11.3. The van der Waals surface area contributed by atoms with E-state index in [9.17, 15) is 4.79 Å². The summed E-state index contributed by atoms with van der Waals surface area (Å²) in [5.74, 6) is 0.0207. The van der Waals surface area contributed by atoms with Gasteiger partial charge in [-0.3, -0.25) is 9.20 Å². The van der Waals surface area contributed by atoms with Crippen molar-refractivity contribution in [2.75, 3.05) is 11.1 Å². The maximum atomic E-state index is 12.3. The van der Waals surface area contributed by atoms with Crippen LogP contribution in [0.1, 0.15) is 5.56 Å². The number of halogens is 1. The summed E-state index contributed by atoms with van der Waals surface area (Å²) in [6.07, 6.45) is 3.71. The van der Waals surface area contributed by atoms with Crippen molar-refractivity contribution in [3.8, 4) is 11.3 Å². The van der Waals surface area contributed by atoms with Crippen LogP contribution in [-0.2, 0) is 4.79 Å². The van der Waals surface area contributed by atoms with E-state index in [-0.39, 0.29) is 11.7 Å². The van der Waals surface area contributed by atoms with Gasteiger partial charge in [-0.25, -0.2) is 4.52 Å². The summed E-state index contributed by atoms with van der Waals surface area (Å²) in [6, 6.07) is 17.4. The van der Waals surface area contributed by atoms with Crippen molar-refractivity contribution < 1.29 is 4.79 Å². The molecular formula is C22H17ClN6OS. The minimum absolute atomic E-state index is 0.165. The van der Waals surface area contributed by atoms with Gasteiger partial charge in [0.25, 0.3) is 0 Å². The van der Waals surface area contributed by atoms with E-state index in [2.05, 4.69) is 51.8 Å². The lowest BCUT2D eigenvalue weighted by molar-refractivity contribution is -0.113. The third-order valence-electron chi connectivity index (χ3n) is 4.81. The van der Waals surface area contributed by atoms with E-state index < -0.39 is 0 Å². The Morgan fingerprint density at radius 3 is 2.71 bits per heavy atom. The lowest BCUT2D eigenvalue weighted by atomic mass is 10.1. The molecule has 5 aromatic rings. The van der Waals surface area contributed by atoms with Crippen molar-refractivity contribution in [3.63, 3.8) is 0 Å². The van der Waals surface area contributed by atoms with Crippen LogP contribution in [0.4, 0.5) is 5.69 Å². The lowest BCUT2D eigenvalue weighted by Crippen LogP contribution is -2.14. The van der Waals surface area contributed by atoms with Gasteiger partial charge in [-0.1, -0.05) is 65.3 Å². The van der Waals surface area contributed by atoms with Crippen LogP contribution in [0, 0.1) is 6.92 Å². The number of thioether (sulfide) groups is 1. The van der Waals surface area contributed by atoms with Crippen LogP contribution in [0.15, 0.2) is 72.1 Å². The minimum atomic E-state index is -0.165. The number of amides is 1. The number of hydrogen-bond acceptors (Lipinski definition) is 5. The predicted molar refractivity (Wildman–Crippen MR) is 123 cm³/mol. The number of fused-ring (bicyclic) bond motifs is 3. The molecule has 0 atom stereocenters. The van der Waals surface area contributed by atoms with E-state index >= 15 is 0 Å². The third-order valence-corrected chi connectivity index (χ3v) is 6.09. The highest BCUT2D eigenvalue weighted by Gasteiger charge is 2.14. The second-order valence-corrected chi connectivity index (χ2v) is 8.37. The molecular weight excluding hydrogens is 432 g/mol. The first kappa shape index (κ1) is 19.6. The molecule has 0 fully saturated rings. The quantitative estimate of drug-likeness (QED) is 0.393. The van der Waals surface area contributed by atoms with Gasteiger partial charge in [0, 0.05) is 18.0 Å². The standard InChI is InChI=1S/C22H17ClN6OS/c1-14-6-8-15(9-7-14)18-12-19-21-25-26-22(28(21)10-11-29(19)27-18)31-13-20(30)24-17-5-3-2-4-16(17)23/h2-12H,13H2,1H3,(H,24,30). The van der Waals surface area contributed by atoms with Crippen LogP contribution in [-0.4, -0.2) is 35.9 Å². The predicted octanol–water partition coefficient (Wildman–Crippen LogP) is 4.74. The van der Waals surface area contributed by atoms with E-state index in [1.54, 1.807) is 16.6 Å². The summed E-state index contributed by atoms with van der Waals surface area (Å²) >= 11 is 7.41. The van der Waals surface area contributed by atoms with Crippen molar-refractivity contribution >= 4 is 46.1 Å². The van der Waals surface area contributed by atoms with E-state index in [1.807, 2.05) is 35.0 Å². The molecule has 0 saturated heterocycles. The van der Waals surface area contributed by atoms with Gasteiger partial charge in [0.1, 0.15) is 5.52 Å². The number of carbonyl (C=O) groups excluding carboxylic acids is 1. The summed E-state index contributed by atoms with van der Waals surface area (Å²) in [5.41, 5.74) is 5.22. The summed E-state index contributed by atoms with van der Waals surface area (Å²) in [7, 11) is 0. The Labute approximate surface area is 187 Å². The third kappa shape index (κ3) is 3.87. The number of para-hydroxylation sites is 1. The maximum absolute atomic E-state index is 12.3. The first-order valence-corrected chi connectivity index (χ1v) is 10.9. The van der Waals surface area contributed by atoms with Crippen LogP contribution in [0.2, 0.25) is 5.02 Å². The molecule has 2 aromatic carbocycles. The van der Waals surface area contributed by atoms with E-state index in [1.165, 1.54) is 17.3 Å². The zero-order chi connectivity index (χ0) is 21.4. The van der Waals surface area contributed by atoms with Gasteiger partial charge in [-0.2, -0.15) is 5.10 Å². The molecule has 3 aromatic heterocycles. The highest BCUT2D eigenvalue weighted by Crippen LogP contribution is 2.25. The highest BCUT2D eigenvalue weighted by molar-refractivity contribution is 7.99. The van der Waals surface area contributed by atoms with Crippen molar-refractivity contribution in [2.45, 2.75) is 12.1 Å². The molecule has 0 unspecified atom stereocenters. The minimum Gasteiger partial charge on any atom is -0.324 e. The average molecular weight is 449 g/mol. The van der Waals surface area contributed by atoms with Crippen LogP contribution in [0.25, 0.3) is 22.4 Å². The molecule has 1 amide bonds. The Morgan fingerprint density at radius 1 is 1.10 bits per heavy atom. The Balaban J connectivity index is 1.38. The van der Waals surface area contributed by atoms with E-state index in [0.29, 0.717) is 21.5 Å². The van der Waals surface area contributed by atoms with Crippen LogP contribution >= 0.6 is 23.4 Å². The number of hydrogen-bond donors (Lipinski definition) is 1. The fourth-order valence-electron chi connectivity index (χ4n) is 3.23. The highest BCUT2D eigenvalue weighted by atomic mass is 35.5. The average Bonchev–Trinajstić information content (AvgIpc) is 3.38. The number of benzene rings is 2. The first-order chi connectivity index (χ1) is 15.1. The van der Waals surface area contributed by atoms with Crippen molar-refractivity contribution in [3.05, 3.63) is 77.6 Å². The van der Waals surface area contributed by atoms with Crippen molar-refractivity contribution in [1.82, 2.24) is 24.2 Å². The van der Waals surface area contributed by atoms with Gasteiger partial charge in [0.2, 0.25) is 5.91 Å². The van der Waals surface area contributed by atoms with Gasteiger partial charge in [-0.05, 0) is 25.1 Å². The SMILES string of the molecule is Cc1ccc(-c2cc3c4nnc(SCC(=O)Nc5ccccc5Cl)n4ccn3n2)cc1. The first-order valence-electron chi connectivity index (χ1n) is 9.56. The fraction of sp³-hybridized carbons (Fsp3) is 0.0909. The second kappa shape index (κ2) is 8.05. The molecule has 154 valence electrons. The topological polar surface area (TPSA) is 76.6 Å². The van der Waals surface area contributed by atoms with Crippen molar-refractivity contribution in [1.29, 1.82) is 0 Å². The Bertz CT molecular complexity index is 1410. The monoisotopic (exact) mass is 448 g/mol. The molecule has 7 nitrogen and oxygen atoms in total. The van der Waals surface area contributed by atoms with Crippen LogP contribution in [0.5, 0.6) is 0 Å². The largest absolute Gasteiger partial charge is 0.324 e. The number of nitrogens with zero attached hydrogens (tertiary/aromatic N) is 5. The van der Waals surface area contributed by atoms with Crippen LogP contribution in [0.3, 0.4) is 0 Å². The molecule has 0 aliphatic carbocycles. The summed E-state index contributed by atoms with van der Waals surface area (Å²) in [5, 5.41) is 17.2. The summed E-state index contributed by atoms with van der Waals surface area (Å²) in [4.78, 5) is 12.3. The second-order valence-electron chi connectivity index (χ2n) is 7.02. The molecule has 31 heavy (non-hydrogen) atoms. The molecule has 0 radical (unpaired) electrons. The molecule has 0 bridgehead atoms. The number of aryl methyl sites for hydroxylation is 1. The Kier molecular flexibility index (Phi) is 5.09. The number of anilines is 1. The molecule has 0 aliphatic heterocycles. The Hall–Kier alpha value is -3.36. The van der Waals surface area contributed by atoms with Gasteiger partial charge < -0.3 is 5.32 Å². The van der Waals surface area contributed by atoms with E-state index in [0.717, 1.165) is 16.8 Å².